The average Bonchev–Trinajstić information content (AvgIpc) is 2.88. The number of nitrogens with zero attached hydrogens (tertiary/aromatic N) is 3. The van der Waals surface area contributed by atoms with Gasteiger partial charge >= 0.3 is 7.60 Å². The van der Waals surface area contributed by atoms with Gasteiger partial charge < -0.3 is 35.1 Å². The lowest BCUT2D eigenvalue weighted by atomic mass is 10.4. The van der Waals surface area contributed by atoms with Crippen molar-refractivity contribution in [1.82, 2.24) is 19.7 Å². The number of aromatic nitrogens is 4. The second-order valence-electron chi connectivity index (χ2n) is 5.24. The Bertz CT molecular complexity index is 921. The molecule has 0 bridgehead atoms. The van der Waals surface area contributed by atoms with Crippen molar-refractivity contribution in [2.45, 2.75) is 6.10 Å². The predicted octanol–water partition coefficient (Wildman–Crippen LogP) is -2.13. The van der Waals surface area contributed by atoms with E-state index in [4.69, 9.17) is 25.1 Å². The molecule has 0 radical (unpaired) electrons. The van der Waals surface area contributed by atoms with Crippen molar-refractivity contribution in [2.75, 3.05) is 31.2 Å². The largest absolute Gasteiger partial charge is 0.408 e. The van der Waals surface area contributed by atoms with Gasteiger partial charge in [0.2, 0.25) is 19.0 Å². The number of rotatable bonds is 9. The van der Waals surface area contributed by atoms with Crippen LogP contribution in [-0.4, -0.2) is 71.0 Å². The molecular weight excluding hydrogens is 396 g/mol. The van der Waals surface area contributed by atoms with Crippen molar-refractivity contribution in [3.05, 3.63) is 16.7 Å². The number of H-pyrrole nitrogens is 1. The summed E-state index contributed by atoms with van der Waals surface area (Å²) >= 11 is 0. The summed E-state index contributed by atoms with van der Waals surface area (Å²) in [6.07, 6.45) is -0.850. The predicted molar refractivity (Wildman–Crippen MR) is 87.6 cm³/mol. The van der Waals surface area contributed by atoms with E-state index >= 15 is 0 Å². The highest BCUT2D eigenvalue weighted by molar-refractivity contribution is 7.72. The molecule has 2 aromatic rings. The van der Waals surface area contributed by atoms with Crippen LogP contribution in [-0.2, 0) is 13.9 Å². The molecular formula is C10H17N5O9P2. The van der Waals surface area contributed by atoms with Gasteiger partial charge in [0.1, 0.15) is 31.3 Å². The Morgan fingerprint density at radius 3 is 2.65 bits per heavy atom. The minimum Gasteiger partial charge on any atom is -0.408 e. The lowest BCUT2D eigenvalue weighted by Crippen LogP contribution is -2.30. The Balaban J connectivity index is 2.00. The van der Waals surface area contributed by atoms with Crippen molar-refractivity contribution < 1.29 is 38.5 Å². The highest BCUT2D eigenvalue weighted by Crippen LogP contribution is 2.54. The molecule has 14 nitrogen and oxygen atoms in total. The van der Waals surface area contributed by atoms with Gasteiger partial charge in [-0.1, -0.05) is 0 Å². The number of nitrogens with one attached hydrogen (secondary N) is 1. The molecule has 2 aromatic heterocycles. The summed E-state index contributed by atoms with van der Waals surface area (Å²) in [5.41, 5.74) is 4.82. The second-order valence-corrected chi connectivity index (χ2v) is 9.65. The third-order valence-electron chi connectivity index (χ3n) is 2.92. The summed E-state index contributed by atoms with van der Waals surface area (Å²) < 4.78 is 28.5. The molecule has 0 spiro atoms. The normalized spacial score (nSPS) is 15.7. The number of hydrogen-bond donors (Lipinski definition) is 6. The van der Waals surface area contributed by atoms with Gasteiger partial charge in [0.25, 0.3) is 5.56 Å². The summed E-state index contributed by atoms with van der Waals surface area (Å²) in [5.74, 6) is -1.40. The van der Waals surface area contributed by atoms with Gasteiger partial charge in [-0.25, -0.2) is 4.98 Å². The lowest BCUT2D eigenvalue weighted by molar-refractivity contribution is -0.0308. The first-order valence-corrected chi connectivity index (χ1v) is 10.8. The van der Waals surface area contributed by atoms with Crippen LogP contribution in [0.4, 0.5) is 5.95 Å². The maximum Gasteiger partial charge on any atom is 0.335 e. The molecule has 7 N–H and O–H groups in total. The van der Waals surface area contributed by atoms with Gasteiger partial charge in [-0.15, -0.1) is 0 Å². The summed E-state index contributed by atoms with van der Waals surface area (Å²) in [6, 6.07) is 0. The minimum absolute atomic E-state index is 0.0114. The number of hydrogen-bond acceptors (Lipinski definition) is 9. The number of nitrogen functional groups attached to an aromatic ring is 1. The first kappa shape index (κ1) is 20.5. The van der Waals surface area contributed by atoms with Crippen molar-refractivity contribution >= 4 is 32.1 Å². The van der Waals surface area contributed by atoms with Crippen LogP contribution in [0.15, 0.2) is 11.1 Å². The van der Waals surface area contributed by atoms with Crippen molar-refractivity contribution in [3.8, 4) is 0 Å². The molecule has 2 atom stereocenters. The number of aliphatic hydroxyl groups excluding tert-OH is 1. The van der Waals surface area contributed by atoms with Gasteiger partial charge in [0.05, 0.1) is 6.61 Å². The van der Waals surface area contributed by atoms with Crippen molar-refractivity contribution in [2.24, 2.45) is 0 Å². The van der Waals surface area contributed by atoms with Crippen molar-refractivity contribution in [1.29, 1.82) is 0 Å². The van der Waals surface area contributed by atoms with Crippen LogP contribution in [0.3, 0.4) is 0 Å². The Kier molecular flexibility index (Phi) is 6.19. The Labute approximate surface area is 145 Å². The molecule has 26 heavy (non-hydrogen) atoms. The molecule has 0 aliphatic rings. The van der Waals surface area contributed by atoms with E-state index in [0.29, 0.717) is 0 Å². The number of imidazole rings is 1. The lowest BCUT2D eigenvalue weighted by Gasteiger charge is -2.19. The first-order chi connectivity index (χ1) is 12.0. The van der Waals surface area contributed by atoms with E-state index in [9.17, 15) is 23.9 Å². The minimum atomic E-state index is -4.70. The van der Waals surface area contributed by atoms with Gasteiger partial charge in [-0.3, -0.25) is 18.9 Å². The summed E-state index contributed by atoms with van der Waals surface area (Å²) in [7, 11) is -8.96. The molecule has 0 fully saturated rings. The fourth-order valence-electron chi connectivity index (χ4n) is 1.87. The van der Waals surface area contributed by atoms with E-state index in [2.05, 4.69) is 15.0 Å². The van der Waals surface area contributed by atoms with Gasteiger partial charge in [0.15, 0.2) is 5.52 Å². The number of aromatic amines is 1. The molecule has 0 aliphatic carbocycles. The van der Waals surface area contributed by atoms with Crippen LogP contribution in [0.1, 0.15) is 0 Å². The van der Waals surface area contributed by atoms with Crippen LogP contribution in [0.25, 0.3) is 11.2 Å². The monoisotopic (exact) mass is 413 g/mol. The second kappa shape index (κ2) is 7.84. The standard InChI is InChI=1S/C10H17N5O9P2/c11-10-13-8-7(9(17)14-10)12-3-15(8)24-2-6(1-16)23-4-25(18,19)5-26(20,21)22/h3,6,16H,1-2,4-5H2,(H,18,19)(H2,20,21,22)(H3,11,13,14,17). The molecule has 2 unspecified atom stereocenters. The van der Waals surface area contributed by atoms with Crippen LogP contribution in [0.2, 0.25) is 0 Å². The van der Waals surface area contributed by atoms with E-state index in [-0.39, 0.29) is 23.7 Å². The van der Waals surface area contributed by atoms with E-state index in [1.807, 2.05) is 0 Å². The highest BCUT2D eigenvalue weighted by Gasteiger charge is 2.31. The number of nitrogens with two attached hydrogens (primary N) is 1. The Morgan fingerprint density at radius 1 is 1.35 bits per heavy atom. The quantitative estimate of drug-likeness (QED) is 0.243. The zero-order valence-corrected chi connectivity index (χ0v) is 14.9. The van der Waals surface area contributed by atoms with Crippen LogP contribution < -0.4 is 16.1 Å². The van der Waals surface area contributed by atoms with Crippen LogP contribution >= 0.6 is 15.0 Å². The van der Waals surface area contributed by atoms with Gasteiger partial charge in [-0.05, 0) is 0 Å². The summed E-state index contributed by atoms with van der Waals surface area (Å²) in [5, 5.41) is 9.24. The van der Waals surface area contributed by atoms with Crippen LogP contribution in [0.5, 0.6) is 0 Å². The summed E-state index contributed by atoms with van der Waals surface area (Å²) in [6.45, 7) is -0.953. The number of anilines is 1. The van der Waals surface area contributed by atoms with E-state index in [1.54, 1.807) is 0 Å². The molecule has 0 saturated heterocycles. The fourth-order valence-corrected chi connectivity index (χ4v) is 4.94. The maximum absolute atomic E-state index is 11.7. The smallest absolute Gasteiger partial charge is 0.335 e. The molecule has 2 rings (SSSR count). The van der Waals surface area contributed by atoms with E-state index in [1.165, 1.54) is 0 Å². The number of fused-ring (bicyclic) bond motifs is 1. The molecule has 2 heterocycles. The topological polar surface area (TPSA) is 223 Å². The van der Waals surface area contributed by atoms with Crippen LogP contribution in [0, 0.1) is 0 Å². The Morgan fingerprint density at radius 2 is 2.04 bits per heavy atom. The first-order valence-electron chi connectivity index (χ1n) is 6.95. The van der Waals surface area contributed by atoms with Crippen molar-refractivity contribution in [3.63, 3.8) is 0 Å². The van der Waals surface area contributed by atoms with Gasteiger partial charge in [0, 0.05) is 0 Å². The third kappa shape index (κ3) is 5.61. The number of ether oxygens (including phenoxy) is 1. The maximum atomic E-state index is 11.7. The zero-order chi connectivity index (χ0) is 19.5. The Hall–Kier alpha value is -1.79. The third-order valence-corrected chi connectivity index (χ3v) is 6.71. The zero-order valence-electron chi connectivity index (χ0n) is 13.1. The molecule has 0 aliphatic heterocycles. The number of aliphatic hydroxyl groups is 1. The highest BCUT2D eigenvalue weighted by atomic mass is 31.2. The molecule has 146 valence electrons. The molecule has 0 amide bonds. The fraction of sp³-hybridized carbons (Fsp3) is 0.500. The molecule has 0 saturated carbocycles. The SMILES string of the molecule is Nc1nc2c(ncn2OCC(CO)OCP(=O)(O)CP(=O)(O)O)c(=O)[nH]1. The molecule has 16 heteroatoms. The molecule has 0 aromatic carbocycles. The van der Waals surface area contributed by atoms with E-state index < -0.39 is 45.5 Å². The average molecular weight is 413 g/mol. The van der Waals surface area contributed by atoms with E-state index in [0.717, 1.165) is 11.1 Å². The summed E-state index contributed by atoms with van der Waals surface area (Å²) in [4.78, 5) is 53.8. The van der Waals surface area contributed by atoms with Gasteiger partial charge in [-0.2, -0.15) is 9.71 Å².